The normalized spacial score (nSPS) is 35.9. The minimum Gasteiger partial charge on any atom is -0.394 e. The molecule has 142 valence electrons. The number of primary amides is 1. The van der Waals surface area contributed by atoms with Crippen molar-refractivity contribution in [1.29, 1.82) is 0 Å². The predicted molar refractivity (Wildman–Crippen MR) is 72.9 cm³/mol. The van der Waals surface area contributed by atoms with Gasteiger partial charge in [-0.15, -0.1) is 0 Å². The van der Waals surface area contributed by atoms with E-state index in [4.69, 9.17) is 20.3 Å². The summed E-state index contributed by atoms with van der Waals surface area (Å²) in [5.74, 6) is -1.32. The van der Waals surface area contributed by atoms with Crippen molar-refractivity contribution in [2.24, 2.45) is 5.73 Å². The van der Waals surface area contributed by atoms with Crippen molar-refractivity contribution in [3.63, 3.8) is 0 Å². The third-order valence-corrected chi connectivity index (χ3v) is 3.64. The van der Waals surface area contributed by atoms with Crippen LogP contribution in [0.2, 0.25) is 0 Å². The Morgan fingerprint density at radius 3 is 2.12 bits per heavy atom. The summed E-state index contributed by atoms with van der Waals surface area (Å²) in [6, 6.07) is 0. The van der Waals surface area contributed by atoms with E-state index in [0.717, 1.165) is 0 Å². The molecule has 1 heterocycles. The van der Waals surface area contributed by atoms with Crippen LogP contribution in [0.15, 0.2) is 0 Å². The Kier molecular flexibility index (Phi) is 7.88. The first-order valence-electron chi connectivity index (χ1n) is 7.05. The lowest BCUT2D eigenvalue weighted by atomic mass is 9.99. The van der Waals surface area contributed by atoms with E-state index in [1.165, 1.54) is 0 Å². The molecule has 12 heteroatoms. The number of hydrogen-bond donors (Lipinski definition) is 9. The van der Waals surface area contributed by atoms with Crippen LogP contribution in [0, 0.1) is 0 Å². The number of hydrogen-bond acceptors (Lipinski definition) is 11. The summed E-state index contributed by atoms with van der Waals surface area (Å²) in [5, 5.41) is 75.8. The van der Waals surface area contributed by atoms with Crippen LogP contribution in [-0.2, 0) is 14.3 Å². The first kappa shape index (κ1) is 21.1. The zero-order valence-electron chi connectivity index (χ0n) is 12.5. The monoisotopic (exact) mass is 357 g/mol. The molecule has 9 atom stereocenters. The Balaban J connectivity index is 2.59. The Bertz CT molecular complexity index is 408. The number of carbonyl (C=O) groups excluding carboxylic acids is 1. The van der Waals surface area contributed by atoms with Crippen molar-refractivity contribution in [3.8, 4) is 0 Å². The highest BCUT2D eigenvalue weighted by Gasteiger charge is 2.44. The molecule has 0 radical (unpaired) electrons. The van der Waals surface area contributed by atoms with Gasteiger partial charge in [0.25, 0.3) is 0 Å². The molecule has 1 amide bonds. The van der Waals surface area contributed by atoms with Gasteiger partial charge in [-0.05, 0) is 0 Å². The second-order valence-electron chi connectivity index (χ2n) is 5.43. The first-order valence-corrected chi connectivity index (χ1v) is 7.05. The number of nitrogens with two attached hydrogens (primary N) is 1. The summed E-state index contributed by atoms with van der Waals surface area (Å²) >= 11 is 0. The molecule has 0 spiro atoms. The summed E-state index contributed by atoms with van der Waals surface area (Å²) < 4.78 is 9.94. The van der Waals surface area contributed by atoms with E-state index >= 15 is 0 Å². The fourth-order valence-electron chi connectivity index (χ4n) is 2.08. The SMILES string of the molecule is NC(=O)[C@H](O)[C@@H](O)[C@H](O)[C@H](O)COC1O[C@H](CO)[C@H](O)[C@H](O)[C@H]1O. The molecule has 0 aromatic heterocycles. The predicted octanol–water partition coefficient (Wildman–Crippen LogP) is -6.27. The van der Waals surface area contributed by atoms with Crippen LogP contribution in [-0.4, -0.2) is 115 Å². The van der Waals surface area contributed by atoms with Gasteiger partial charge in [0.1, 0.15) is 42.7 Å². The molecule has 1 rings (SSSR count). The Morgan fingerprint density at radius 1 is 1.04 bits per heavy atom. The maximum absolute atomic E-state index is 10.7. The molecule has 12 nitrogen and oxygen atoms in total. The quantitative estimate of drug-likeness (QED) is 0.198. The van der Waals surface area contributed by atoms with E-state index < -0.39 is 74.2 Å². The number of aliphatic hydroxyl groups excluding tert-OH is 8. The molecule has 0 saturated carbocycles. The van der Waals surface area contributed by atoms with Gasteiger partial charge in [-0.2, -0.15) is 0 Å². The van der Waals surface area contributed by atoms with Crippen LogP contribution in [0.5, 0.6) is 0 Å². The van der Waals surface area contributed by atoms with E-state index in [1.807, 2.05) is 0 Å². The fourth-order valence-corrected chi connectivity index (χ4v) is 2.08. The number of carbonyl (C=O) groups is 1. The summed E-state index contributed by atoms with van der Waals surface area (Å²) in [4.78, 5) is 10.7. The summed E-state index contributed by atoms with van der Waals surface area (Å²) in [6.07, 6.45) is -15.8. The van der Waals surface area contributed by atoms with Crippen molar-refractivity contribution < 1.29 is 55.1 Å². The van der Waals surface area contributed by atoms with E-state index in [9.17, 15) is 40.5 Å². The highest BCUT2D eigenvalue weighted by atomic mass is 16.7. The van der Waals surface area contributed by atoms with Gasteiger partial charge in [0, 0.05) is 0 Å². The summed E-state index contributed by atoms with van der Waals surface area (Å²) in [6.45, 7) is -1.42. The Labute approximate surface area is 136 Å². The lowest BCUT2D eigenvalue weighted by Gasteiger charge is -2.40. The zero-order valence-corrected chi connectivity index (χ0v) is 12.5. The van der Waals surface area contributed by atoms with Crippen LogP contribution in [0.25, 0.3) is 0 Å². The van der Waals surface area contributed by atoms with Gasteiger partial charge in [-0.25, -0.2) is 0 Å². The summed E-state index contributed by atoms with van der Waals surface area (Å²) in [7, 11) is 0. The molecule has 1 saturated heterocycles. The molecular formula is C12H23NO11. The molecule has 0 bridgehead atoms. The van der Waals surface area contributed by atoms with Gasteiger partial charge in [-0.3, -0.25) is 4.79 Å². The standard InChI is InChI=1S/C12H23NO11/c13-11(22)9(20)7(18)5(16)3(15)2-23-12-10(21)8(19)6(17)4(1-14)24-12/h3-10,12,14-21H,1-2H2,(H2,13,22)/t3-,4-,5-,6+,7+,8+,9-,10-,12?/m1/s1. The molecule has 10 N–H and O–H groups in total. The highest BCUT2D eigenvalue weighted by Crippen LogP contribution is 2.22. The highest BCUT2D eigenvalue weighted by molar-refractivity contribution is 5.79. The van der Waals surface area contributed by atoms with Gasteiger partial charge >= 0.3 is 0 Å². The smallest absolute Gasteiger partial charge is 0.249 e. The fraction of sp³-hybridized carbons (Fsp3) is 0.917. The molecular weight excluding hydrogens is 334 g/mol. The van der Waals surface area contributed by atoms with E-state index in [1.54, 1.807) is 0 Å². The van der Waals surface area contributed by atoms with Gasteiger partial charge in [-0.1, -0.05) is 0 Å². The zero-order chi connectivity index (χ0) is 18.6. The van der Waals surface area contributed by atoms with E-state index in [0.29, 0.717) is 0 Å². The molecule has 0 aromatic rings. The van der Waals surface area contributed by atoms with Gasteiger partial charge in [0.15, 0.2) is 12.4 Å². The number of aliphatic hydroxyl groups is 8. The third kappa shape index (κ3) is 4.80. The minimum absolute atomic E-state index is 0.681. The molecule has 1 aliphatic heterocycles. The van der Waals surface area contributed by atoms with Crippen molar-refractivity contribution in [2.45, 2.75) is 55.1 Å². The van der Waals surface area contributed by atoms with Crippen LogP contribution in [0.4, 0.5) is 0 Å². The van der Waals surface area contributed by atoms with Gasteiger partial charge in [0.05, 0.1) is 13.2 Å². The van der Waals surface area contributed by atoms with Crippen LogP contribution >= 0.6 is 0 Å². The lowest BCUT2D eigenvalue weighted by molar-refractivity contribution is -0.306. The van der Waals surface area contributed by atoms with Crippen molar-refractivity contribution >= 4 is 5.91 Å². The van der Waals surface area contributed by atoms with Crippen LogP contribution in [0.3, 0.4) is 0 Å². The molecule has 1 aliphatic rings. The lowest BCUT2D eigenvalue weighted by Crippen LogP contribution is -2.59. The Morgan fingerprint density at radius 2 is 1.62 bits per heavy atom. The molecule has 0 aromatic carbocycles. The van der Waals surface area contributed by atoms with E-state index in [2.05, 4.69) is 0 Å². The van der Waals surface area contributed by atoms with Crippen molar-refractivity contribution in [2.75, 3.05) is 13.2 Å². The maximum Gasteiger partial charge on any atom is 0.249 e. The second-order valence-corrected chi connectivity index (χ2v) is 5.43. The Hall–Kier alpha value is -0.930. The van der Waals surface area contributed by atoms with E-state index in [-0.39, 0.29) is 0 Å². The number of ether oxygens (including phenoxy) is 2. The molecule has 1 fully saturated rings. The molecule has 1 unspecified atom stereocenters. The van der Waals surface area contributed by atoms with Crippen LogP contribution in [0.1, 0.15) is 0 Å². The first-order chi connectivity index (χ1) is 11.1. The van der Waals surface area contributed by atoms with Gasteiger partial charge < -0.3 is 56.1 Å². The molecule has 24 heavy (non-hydrogen) atoms. The minimum atomic E-state index is -2.12. The topological polar surface area (TPSA) is 223 Å². The second kappa shape index (κ2) is 8.96. The van der Waals surface area contributed by atoms with Crippen molar-refractivity contribution in [3.05, 3.63) is 0 Å². The van der Waals surface area contributed by atoms with Crippen molar-refractivity contribution in [1.82, 2.24) is 0 Å². The number of amides is 1. The average molecular weight is 357 g/mol. The maximum atomic E-state index is 10.7. The average Bonchev–Trinajstić information content (AvgIpc) is 2.56. The largest absolute Gasteiger partial charge is 0.394 e. The van der Waals surface area contributed by atoms with Crippen LogP contribution < -0.4 is 5.73 Å². The number of rotatable bonds is 8. The summed E-state index contributed by atoms with van der Waals surface area (Å²) in [5.41, 5.74) is 4.74. The third-order valence-electron chi connectivity index (χ3n) is 3.64. The molecule has 0 aliphatic carbocycles. The van der Waals surface area contributed by atoms with Gasteiger partial charge in [0.2, 0.25) is 5.91 Å².